The van der Waals surface area contributed by atoms with Crippen molar-refractivity contribution in [1.82, 2.24) is 0 Å². The summed E-state index contributed by atoms with van der Waals surface area (Å²) in [7, 11) is 0. The van der Waals surface area contributed by atoms with Crippen molar-refractivity contribution in [2.75, 3.05) is 36.5 Å². The predicted molar refractivity (Wildman–Crippen MR) is 118 cm³/mol. The number of phenols is 1. The van der Waals surface area contributed by atoms with E-state index in [-0.39, 0.29) is 22.7 Å². The van der Waals surface area contributed by atoms with Crippen molar-refractivity contribution in [3.05, 3.63) is 53.1 Å². The molecule has 142 valence electrons. The molecule has 2 aromatic rings. The lowest BCUT2D eigenvalue weighted by Gasteiger charge is -2.28. The van der Waals surface area contributed by atoms with Gasteiger partial charge in [0.1, 0.15) is 11.4 Å². The number of benzene rings is 2. The summed E-state index contributed by atoms with van der Waals surface area (Å²) in [5, 5.41) is 24.3. The second-order valence-electron chi connectivity index (χ2n) is 5.80. The fraction of sp³-hybridized carbons (Fsp3) is 0.235. The minimum atomic E-state index is -0.530. The van der Waals surface area contributed by atoms with Crippen molar-refractivity contribution < 1.29 is 19.6 Å². The summed E-state index contributed by atoms with van der Waals surface area (Å²) < 4.78 is 6.64. The number of carbonyl (C=O) groups is 1. The van der Waals surface area contributed by atoms with Gasteiger partial charge in [-0.15, -0.1) is 0 Å². The SMILES string of the molecule is O=C(Nc1ccc(N2CCOCC2)c([N+](=O)[O-])c1)c1cc(I)cc(I)c1O. The highest BCUT2D eigenvalue weighted by Crippen LogP contribution is 2.33. The van der Waals surface area contributed by atoms with Gasteiger partial charge in [-0.05, 0) is 69.4 Å². The summed E-state index contributed by atoms with van der Waals surface area (Å²) in [6.45, 7) is 2.17. The number of morpholine rings is 1. The Bertz CT molecular complexity index is 900. The van der Waals surface area contributed by atoms with Crippen molar-refractivity contribution in [3.8, 4) is 5.75 Å². The first-order valence-electron chi connectivity index (χ1n) is 7.97. The van der Waals surface area contributed by atoms with Crippen LogP contribution < -0.4 is 10.2 Å². The van der Waals surface area contributed by atoms with E-state index < -0.39 is 10.8 Å². The lowest BCUT2D eigenvalue weighted by atomic mass is 10.1. The molecule has 0 saturated carbocycles. The molecule has 1 aliphatic heterocycles. The van der Waals surface area contributed by atoms with Crippen LogP contribution in [-0.4, -0.2) is 42.2 Å². The van der Waals surface area contributed by atoms with Crippen molar-refractivity contribution >= 4 is 68.2 Å². The fourth-order valence-corrected chi connectivity index (χ4v) is 4.60. The van der Waals surface area contributed by atoms with Gasteiger partial charge in [-0.3, -0.25) is 14.9 Å². The van der Waals surface area contributed by atoms with E-state index in [0.29, 0.717) is 35.6 Å². The smallest absolute Gasteiger partial charge is 0.294 e. The van der Waals surface area contributed by atoms with Crippen LogP contribution in [0.2, 0.25) is 0 Å². The Morgan fingerprint density at radius 2 is 1.93 bits per heavy atom. The standard InChI is InChI=1S/C17H15I2N3O5/c18-10-7-12(16(23)13(19)8-10)17(24)20-11-1-2-14(15(9-11)22(25)26)21-3-5-27-6-4-21/h1-2,7-9,23H,3-6H2,(H,20,24). The maximum atomic E-state index is 12.5. The van der Waals surface area contributed by atoms with E-state index >= 15 is 0 Å². The van der Waals surface area contributed by atoms with E-state index in [4.69, 9.17) is 4.74 Å². The van der Waals surface area contributed by atoms with E-state index in [1.54, 1.807) is 24.3 Å². The first-order valence-corrected chi connectivity index (χ1v) is 10.1. The summed E-state index contributed by atoms with van der Waals surface area (Å²) in [6.07, 6.45) is 0. The van der Waals surface area contributed by atoms with Crippen LogP contribution in [0.25, 0.3) is 0 Å². The van der Waals surface area contributed by atoms with E-state index in [1.807, 2.05) is 27.5 Å². The first kappa shape index (κ1) is 20.1. The fourth-order valence-electron chi connectivity index (χ4n) is 2.76. The number of nitro groups is 1. The number of nitro benzene ring substituents is 1. The van der Waals surface area contributed by atoms with Crippen molar-refractivity contribution in [1.29, 1.82) is 0 Å². The van der Waals surface area contributed by atoms with Crippen molar-refractivity contribution in [2.24, 2.45) is 0 Å². The number of nitrogens with one attached hydrogen (secondary N) is 1. The van der Waals surface area contributed by atoms with Gasteiger partial charge >= 0.3 is 0 Å². The van der Waals surface area contributed by atoms with Gasteiger partial charge in [-0.1, -0.05) is 0 Å². The summed E-state index contributed by atoms with van der Waals surface area (Å²) in [5.41, 5.74) is 0.812. The Kier molecular flexibility index (Phi) is 6.37. The molecule has 1 aliphatic rings. The normalized spacial score (nSPS) is 14.1. The number of amides is 1. The minimum absolute atomic E-state index is 0.0869. The highest BCUT2D eigenvalue weighted by molar-refractivity contribution is 14.1. The zero-order chi connectivity index (χ0) is 19.6. The van der Waals surface area contributed by atoms with E-state index in [9.17, 15) is 20.0 Å². The molecule has 1 saturated heterocycles. The van der Waals surface area contributed by atoms with E-state index in [1.165, 1.54) is 6.07 Å². The summed E-state index contributed by atoms with van der Waals surface area (Å²) in [4.78, 5) is 25.5. The number of rotatable bonds is 4. The second-order valence-corrected chi connectivity index (χ2v) is 8.21. The van der Waals surface area contributed by atoms with Crippen LogP contribution in [0.5, 0.6) is 5.75 Å². The average molecular weight is 595 g/mol. The Labute approximate surface area is 182 Å². The number of hydrogen-bond acceptors (Lipinski definition) is 6. The minimum Gasteiger partial charge on any atom is -0.506 e. The summed E-state index contributed by atoms with van der Waals surface area (Å²) in [6, 6.07) is 7.88. The molecule has 0 spiro atoms. The monoisotopic (exact) mass is 595 g/mol. The number of anilines is 2. The molecule has 2 aromatic carbocycles. The van der Waals surface area contributed by atoms with Gasteiger partial charge in [-0.25, -0.2) is 0 Å². The number of hydrogen-bond donors (Lipinski definition) is 2. The average Bonchev–Trinajstić information content (AvgIpc) is 2.65. The number of ether oxygens (including phenoxy) is 1. The van der Waals surface area contributed by atoms with Gasteiger partial charge in [-0.2, -0.15) is 0 Å². The molecule has 3 rings (SSSR count). The van der Waals surface area contributed by atoms with Gasteiger partial charge in [0.25, 0.3) is 11.6 Å². The Hall–Kier alpha value is -1.67. The molecule has 0 bridgehead atoms. The quantitative estimate of drug-likeness (QED) is 0.318. The molecule has 1 fully saturated rings. The molecule has 0 unspecified atom stereocenters. The molecule has 0 atom stereocenters. The number of phenolic OH excluding ortho intramolecular Hbond substituents is 1. The second kappa shape index (κ2) is 8.56. The lowest BCUT2D eigenvalue weighted by molar-refractivity contribution is -0.384. The molecule has 10 heteroatoms. The third-order valence-electron chi connectivity index (χ3n) is 4.05. The predicted octanol–water partition coefficient (Wildman–Crippen LogP) is 3.60. The zero-order valence-electron chi connectivity index (χ0n) is 13.9. The van der Waals surface area contributed by atoms with E-state index in [2.05, 4.69) is 27.9 Å². The number of halogens is 2. The third kappa shape index (κ3) is 4.60. The van der Waals surface area contributed by atoms with Crippen LogP contribution >= 0.6 is 45.2 Å². The first-order chi connectivity index (χ1) is 12.9. The molecule has 0 radical (unpaired) electrons. The largest absolute Gasteiger partial charge is 0.506 e. The number of aromatic hydroxyl groups is 1. The van der Waals surface area contributed by atoms with Crippen LogP contribution in [0, 0.1) is 17.3 Å². The third-order valence-corrected chi connectivity index (χ3v) is 5.50. The molecule has 1 heterocycles. The van der Waals surface area contributed by atoms with Crippen molar-refractivity contribution in [3.63, 3.8) is 0 Å². The highest BCUT2D eigenvalue weighted by Gasteiger charge is 2.23. The highest BCUT2D eigenvalue weighted by atomic mass is 127. The molecular weight excluding hydrogens is 580 g/mol. The lowest BCUT2D eigenvalue weighted by Crippen LogP contribution is -2.36. The summed E-state index contributed by atoms with van der Waals surface area (Å²) >= 11 is 4.00. The van der Waals surface area contributed by atoms with Crippen LogP contribution in [0.3, 0.4) is 0 Å². The topological polar surface area (TPSA) is 105 Å². The van der Waals surface area contributed by atoms with Crippen LogP contribution in [-0.2, 0) is 4.74 Å². The Morgan fingerprint density at radius 3 is 2.59 bits per heavy atom. The molecule has 0 aromatic heterocycles. The van der Waals surface area contributed by atoms with Gasteiger partial charge in [0, 0.05) is 28.4 Å². The summed E-state index contributed by atoms with van der Waals surface area (Å²) in [5.74, 6) is -0.648. The molecular formula is C17H15I2N3O5. The van der Waals surface area contributed by atoms with E-state index in [0.717, 1.165) is 3.57 Å². The van der Waals surface area contributed by atoms with Crippen LogP contribution in [0.15, 0.2) is 30.3 Å². The van der Waals surface area contributed by atoms with Gasteiger partial charge in [0.15, 0.2) is 0 Å². The Balaban J connectivity index is 1.88. The zero-order valence-corrected chi connectivity index (χ0v) is 18.3. The molecule has 2 N–H and O–H groups in total. The van der Waals surface area contributed by atoms with Crippen LogP contribution in [0.1, 0.15) is 10.4 Å². The maximum Gasteiger partial charge on any atom is 0.294 e. The molecule has 8 nitrogen and oxygen atoms in total. The maximum absolute atomic E-state index is 12.5. The molecule has 1 amide bonds. The van der Waals surface area contributed by atoms with Gasteiger partial charge in [0.05, 0.1) is 27.3 Å². The van der Waals surface area contributed by atoms with Crippen molar-refractivity contribution in [2.45, 2.75) is 0 Å². The number of carbonyl (C=O) groups excluding carboxylic acids is 1. The number of nitrogens with zero attached hydrogens (tertiary/aromatic N) is 2. The molecule has 0 aliphatic carbocycles. The molecule has 27 heavy (non-hydrogen) atoms. The van der Waals surface area contributed by atoms with Gasteiger partial charge < -0.3 is 20.1 Å². The Morgan fingerprint density at radius 1 is 1.22 bits per heavy atom. The van der Waals surface area contributed by atoms with Crippen LogP contribution in [0.4, 0.5) is 17.1 Å². The van der Waals surface area contributed by atoms with Gasteiger partial charge in [0.2, 0.25) is 0 Å².